The molecular weight excluding hydrogens is 388 g/mol. The molecule has 5 nitrogen and oxygen atoms in total. The minimum atomic E-state index is 0.252. The van der Waals surface area contributed by atoms with Crippen LogP contribution >= 0.6 is 23.1 Å². The highest BCUT2D eigenvalue weighted by Crippen LogP contribution is 2.52. The SMILES string of the molecule is CCn1c(Cc2cccs2)nnc1SCC(=O)N1CC2(C)CC1CC(C)(C)C2. The van der Waals surface area contributed by atoms with Crippen LogP contribution in [0.15, 0.2) is 22.7 Å². The van der Waals surface area contributed by atoms with E-state index in [4.69, 9.17) is 0 Å². The molecule has 4 rings (SSSR count). The molecule has 0 spiro atoms. The molecule has 28 heavy (non-hydrogen) atoms. The number of hydrogen-bond donors (Lipinski definition) is 0. The predicted octanol–water partition coefficient (Wildman–Crippen LogP) is 4.47. The van der Waals surface area contributed by atoms with E-state index in [0.29, 0.717) is 17.2 Å². The van der Waals surface area contributed by atoms with Gasteiger partial charge in [-0.05, 0) is 48.5 Å². The Morgan fingerprint density at radius 3 is 2.86 bits per heavy atom. The zero-order chi connectivity index (χ0) is 19.9. The highest BCUT2D eigenvalue weighted by atomic mass is 32.2. The molecule has 1 saturated heterocycles. The Morgan fingerprint density at radius 1 is 1.32 bits per heavy atom. The smallest absolute Gasteiger partial charge is 0.233 e. The van der Waals surface area contributed by atoms with Crippen LogP contribution in [0.1, 0.15) is 57.7 Å². The lowest BCUT2D eigenvalue weighted by Gasteiger charge is -2.39. The molecule has 1 aliphatic heterocycles. The molecule has 2 bridgehead atoms. The number of rotatable bonds is 6. The van der Waals surface area contributed by atoms with Crippen molar-refractivity contribution in [3.05, 3.63) is 28.2 Å². The first-order valence-electron chi connectivity index (χ1n) is 10.2. The van der Waals surface area contributed by atoms with Crippen molar-refractivity contribution >= 4 is 29.0 Å². The van der Waals surface area contributed by atoms with Gasteiger partial charge in [-0.25, -0.2) is 0 Å². The van der Waals surface area contributed by atoms with E-state index < -0.39 is 0 Å². The second-order valence-corrected chi connectivity index (χ2v) is 11.4. The average molecular weight is 419 g/mol. The van der Waals surface area contributed by atoms with Gasteiger partial charge in [-0.3, -0.25) is 4.79 Å². The summed E-state index contributed by atoms with van der Waals surface area (Å²) in [5.41, 5.74) is 0.614. The highest BCUT2D eigenvalue weighted by molar-refractivity contribution is 7.99. The highest BCUT2D eigenvalue weighted by Gasteiger charge is 2.50. The van der Waals surface area contributed by atoms with Crippen LogP contribution in [0.5, 0.6) is 0 Å². The number of fused-ring (bicyclic) bond motifs is 2. The molecule has 2 unspecified atom stereocenters. The Bertz CT molecular complexity index is 845. The molecule has 2 aliphatic rings. The molecule has 0 N–H and O–H groups in total. The average Bonchev–Trinajstić information content (AvgIpc) is 3.30. The maximum absolute atomic E-state index is 13.0. The summed E-state index contributed by atoms with van der Waals surface area (Å²) in [6, 6.07) is 4.60. The summed E-state index contributed by atoms with van der Waals surface area (Å²) >= 11 is 3.28. The Labute approximate surface area is 175 Å². The van der Waals surface area contributed by atoms with Crippen molar-refractivity contribution in [3.8, 4) is 0 Å². The van der Waals surface area contributed by atoms with Crippen LogP contribution < -0.4 is 0 Å². The summed E-state index contributed by atoms with van der Waals surface area (Å²) < 4.78 is 2.14. The molecule has 1 aliphatic carbocycles. The van der Waals surface area contributed by atoms with E-state index in [-0.39, 0.29) is 11.3 Å². The third kappa shape index (κ3) is 4.01. The molecular formula is C21H30N4OS2. The fourth-order valence-electron chi connectivity index (χ4n) is 5.40. The van der Waals surface area contributed by atoms with Crippen LogP contribution in [0, 0.1) is 10.8 Å². The van der Waals surface area contributed by atoms with Gasteiger partial charge < -0.3 is 9.47 Å². The van der Waals surface area contributed by atoms with E-state index in [1.165, 1.54) is 23.1 Å². The van der Waals surface area contributed by atoms with E-state index in [1.54, 1.807) is 11.3 Å². The number of thiophene rings is 1. The quantitative estimate of drug-likeness (QED) is 0.650. The third-order valence-corrected chi connectivity index (χ3v) is 7.91. The number of thioether (sulfide) groups is 1. The van der Waals surface area contributed by atoms with Gasteiger partial charge in [0.25, 0.3) is 0 Å². The number of nitrogens with zero attached hydrogens (tertiary/aromatic N) is 4. The summed E-state index contributed by atoms with van der Waals surface area (Å²) in [6.45, 7) is 10.9. The lowest BCUT2D eigenvalue weighted by atomic mass is 9.65. The molecule has 1 amide bonds. The van der Waals surface area contributed by atoms with Crippen LogP contribution in [-0.2, 0) is 17.8 Å². The molecule has 0 aromatic carbocycles. The zero-order valence-electron chi connectivity index (χ0n) is 17.3. The van der Waals surface area contributed by atoms with Gasteiger partial charge in [-0.2, -0.15) is 0 Å². The zero-order valence-corrected chi connectivity index (χ0v) is 18.9. The standard InChI is InChI=1S/C21H30N4OS2/c1-5-24-17(9-16-7-6-8-27-16)22-23-19(24)28-12-18(26)25-14-21(4)11-15(25)10-20(2,3)13-21/h6-8,15H,5,9-14H2,1-4H3. The summed E-state index contributed by atoms with van der Waals surface area (Å²) in [4.78, 5) is 16.5. The number of likely N-dealkylation sites (tertiary alicyclic amines) is 1. The van der Waals surface area contributed by atoms with Crippen LogP contribution in [0.3, 0.4) is 0 Å². The van der Waals surface area contributed by atoms with Crippen molar-refractivity contribution in [3.63, 3.8) is 0 Å². The summed E-state index contributed by atoms with van der Waals surface area (Å²) in [6.07, 6.45) is 4.29. The Morgan fingerprint density at radius 2 is 2.14 bits per heavy atom. The molecule has 2 atom stereocenters. The Kier molecular flexibility index (Phi) is 5.33. The fraction of sp³-hybridized carbons (Fsp3) is 0.667. The lowest BCUT2D eigenvalue weighted by Crippen LogP contribution is -2.38. The number of amides is 1. The normalized spacial score (nSPS) is 26.0. The number of hydrogen-bond acceptors (Lipinski definition) is 5. The van der Waals surface area contributed by atoms with Crippen molar-refractivity contribution < 1.29 is 4.79 Å². The van der Waals surface area contributed by atoms with Crippen LogP contribution in [0.4, 0.5) is 0 Å². The third-order valence-electron chi connectivity index (χ3n) is 6.08. The minimum absolute atomic E-state index is 0.252. The second kappa shape index (κ2) is 7.48. The number of carbonyl (C=O) groups excluding carboxylic acids is 1. The van der Waals surface area contributed by atoms with Crippen molar-refractivity contribution in [1.29, 1.82) is 0 Å². The van der Waals surface area contributed by atoms with E-state index in [0.717, 1.165) is 43.3 Å². The van der Waals surface area contributed by atoms with Crippen molar-refractivity contribution in [2.45, 2.75) is 71.1 Å². The second-order valence-electron chi connectivity index (χ2n) is 9.42. The topological polar surface area (TPSA) is 51.0 Å². The molecule has 7 heteroatoms. The maximum Gasteiger partial charge on any atom is 0.233 e. The van der Waals surface area contributed by atoms with E-state index >= 15 is 0 Å². The molecule has 2 aromatic heterocycles. The molecule has 2 fully saturated rings. The van der Waals surface area contributed by atoms with Crippen LogP contribution in [0.2, 0.25) is 0 Å². The molecule has 0 radical (unpaired) electrons. The summed E-state index contributed by atoms with van der Waals surface area (Å²) in [5, 5.41) is 11.7. The van der Waals surface area contributed by atoms with Gasteiger partial charge in [0, 0.05) is 30.4 Å². The number of carbonyl (C=O) groups is 1. The first-order chi connectivity index (χ1) is 13.3. The Balaban J connectivity index is 1.41. The van der Waals surface area contributed by atoms with Crippen molar-refractivity contribution in [2.24, 2.45) is 10.8 Å². The maximum atomic E-state index is 13.0. The number of aromatic nitrogens is 3. The summed E-state index contributed by atoms with van der Waals surface area (Å²) in [7, 11) is 0. The van der Waals surface area contributed by atoms with Crippen molar-refractivity contribution in [1.82, 2.24) is 19.7 Å². The molecule has 1 saturated carbocycles. The minimum Gasteiger partial charge on any atom is -0.338 e. The van der Waals surface area contributed by atoms with Gasteiger partial charge in [0.2, 0.25) is 5.91 Å². The monoisotopic (exact) mass is 418 g/mol. The lowest BCUT2D eigenvalue weighted by molar-refractivity contribution is -0.129. The largest absolute Gasteiger partial charge is 0.338 e. The van der Waals surface area contributed by atoms with Gasteiger partial charge in [0.05, 0.1) is 5.75 Å². The molecule has 2 aromatic rings. The summed E-state index contributed by atoms with van der Waals surface area (Å²) in [5.74, 6) is 1.68. The van der Waals surface area contributed by atoms with Crippen LogP contribution in [-0.4, -0.2) is 43.9 Å². The van der Waals surface area contributed by atoms with Gasteiger partial charge in [0.1, 0.15) is 5.82 Å². The molecule has 3 heterocycles. The van der Waals surface area contributed by atoms with E-state index in [2.05, 4.69) is 64.9 Å². The first kappa shape index (κ1) is 20.0. The Hall–Kier alpha value is -1.34. The van der Waals surface area contributed by atoms with Crippen LogP contribution in [0.25, 0.3) is 0 Å². The predicted molar refractivity (Wildman–Crippen MR) is 115 cm³/mol. The fourth-order valence-corrected chi connectivity index (χ4v) is 7.01. The van der Waals surface area contributed by atoms with Gasteiger partial charge in [-0.1, -0.05) is 38.6 Å². The molecule has 152 valence electrons. The van der Waals surface area contributed by atoms with Crippen molar-refractivity contribution in [2.75, 3.05) is 12.3 Å². The van der Waals surface area contributed by atoms with Gasteiger partial charge >= 0.3 is 0 Å². The van der Waals surface area contributed by atoms with E-state index in [1.807, 2.05) is 0 Å². The van der Waals surface area contributed by atoms with Gasteiger partial charge in [0.15, 0.2) is 5.16 Å². The van der Waals surface area contributed by atoms with E-state index in [9.17, 15) is 4.79 Å². The van der Waals surface area contributed by atoms with Gasteiger partial charge in [-0.15, -0.1) is 21.5 Å². The first-order valence-corrected chi connectivity index (χ1v) is 12.0.